The van der Waals surface area contributed by atoms with Crippen molar-refractivity contribution in [2.24, 2.45) is 5.92 Å². The van der Waals surface area contributed by atoms with E-state index in [4.69, 9.17) is 5.11 Å². The first-order valence-electron chi connectivity index (χ1n) is 6.82. The first-order valence-corrected chi connectivity index (χ1v) is 6.82. The van der Waals surface area contributed by atoms with E-state index in [0.29, 0.717) is 30.0 Å². The number of imidazole rings is 1. The van der Waals surface area contributed by atoms with Crippen LogP contribution in [0.5, 0.6) is 0 Å². The Balaban J connectivity index is 2.82. The lowest BCUT2D eigenvalue weighted by atomic mass is 10.2. The van der Waals surface area contributed by atoms with Crippen LogP contribution in [0.15, 0.2) is 9.59 Å². The van der Waals surface area contributed by atoms with E-state index in [-0.39, 0.29) is 19.1 Å². The van der Waals surface area contributed by atoms with Crippen molar-refractivity contribution in [3.63, 3.8) is 0 Å². The van der Waals surface area contributed by atoms with Gasteiger partial charge in [0.15, 0.2) is 5.65 Å². The molecule has 0 amide bonds. The highest BCUT2D eigenvalue weighted by molar-refractivity contribution is 5.69. The molecule has 2 aromatic rings. The summed E-state index contributed by atoms with van der Waals surface area (Å²) in [5.74, 6) is 0.925. The van der Waals surface area contributed by atoms with Crippen LogP contribution in [-0.2, 0) is 19.5 Å². The van der Waals surface area contributed by atoms with Crippen LogP contribution in [0.2, 0.25) is 0 Å². The minimum atomic E-state index is -0.425. The number of H-pyrrole nitrogens is 1. The van der Waals surface area contributed by atoms with E-state index in [1.165, 1.54) is 4.57 Å². The van der Waals surface area contributed by atoms with Crippen LogP contribution in [0.25, 0.3) is 11.2 Å². The van der Waals surface area contributed by atoms with Gasteiger partial charge < -0.3 is 10.1 Å². The van der Waals surface area contributed by atoms with Crippen molar-refractivity contribution >= 4 is 11.2 Å². The molecule has 20 heavy (non-hydrogen) atoms. The topological polar surface area (TPSA) is 92.9 Å². The third kappa shape index (κ3) is 2.40. The smallest absolute Gasteiger partial charge is 0.332 e. The average Bonchev–Trinajstić information content (AvgIpc) is 2.83. The fourth-order valence-corrected chi connectivity index (χ4v) is 2.21. The summed E-state index contributed by atoms with van der Waals surface area (Å²) in [6.45, 7) is 6.13. The molecule has 7 nitrogen and oxygen atoms in total. The molecule has 7 heteroatoms. The molecule has 0 aliphatic heterocycles. The van der Waals surface area contributed by atoms with E-state index in [1.54, 1.807) is 0 Å². The van der Waals surface area contributed by atoms with Gasteiger partial charge in [0.05, 0.1) is 13.2 Å². The maximum absolute atomic E-state index is 12.4. The molecule has 0 atom stereocenters. The number of hydrogen-bond donors (Lipinski definition) is 2. The van der Waals surface area contributed by atoms with Gasteiger partial charge in [-0.3, -0.25) is 13.9 Å². The van der Waals surface area contributed by atoms with Crippen LogP contribution in [0.3, 0.4) is 0 Å². The first-order chi connectivity index (χ1) is 9.49. The van der Waals surface area contributed by atoms with Gasteiger partial charge in [-0.25, -0.2) is 9.78 Å². The van der Waals surface area contributed by atoms with Gasteiger partial charge in [-0.1, -0.05) is 20.8 Å². The summed E-state index contributed by atoms with van der Waals surface area (Å²) >= 11 is 0. The van der Waals surface area contributed by atoms with Gasteiger partial charge in [-0.15, -0.1) is 0 Å². The Hall–Kier alpha value is -1.89. The number of fused-ring (bicyclic) bond motifs is 1. The van der Waals surface area contributed by atoms with Crippen molar-refractivity contribution in [2.75, 3.05) is 6.61 Å². The van der Waals surface area contributed by atoms with E-state index >= 15 is 0 Å². The summed E-state index contributed by atoms with van der Waals surface area (Å²) in [7, 11) is 0. The molecule has 0 bridgehead atoms. The molecule has 2 aromatic heterocycles. The molecule has 0 saturated carbocycles. The van der Waals surface area contributed by atoms with Gasteiger partial charge in [0.2, 0.25) is 0 Å². The Morgan fingerprint density at radius 3 is 2.55 bits per heavy atom. The number of aliphatic hydroxyl groups is 1. The molecule has 110 valence electrons. The number of aromatic nitrogens is 4. The SMILES string of the molecule is CCc1nc2c([nH]1)c(=O)n(CCO)c(=O)n2CC(C)C. The highest BCUT2D eigenvalue weighted by atomic mass is 16.3. The molecular weight excluding hydrogens is 260 g/mol. The number of aryl methyl sites for hydroxylation is 1. The lowest BCUT2D eigenvalue weighted by Gasteiger charge is -2.12. The van der Waals surface area contributed by atoms with Crippen molar-refractivity contribution in [3.8, 4) is 0 Å². The maximum Gasteiger partial charge on any atom is 0.332 e. The molecule has 0 aliphatic rings. The number of aromatic amines is 1. The van der Waals surface area contributed by atoms with Crippen molar-refractivity contribution in [1.82, 2.24) is 19.1 Å². The normalized spacial score (nSPS) is 11.7. The average molecular weight is 280 g/mol. The Bertz CT molecular complexity index is 724. The summed E-state index contributed by atoms with van der Waals surface area (Å²) < 4.78 is 2.56. The minimum absolute atomic E-state index is 0.00776. The van der Waals surface area contributed by atoms with Crippen molar-refractivity contribution < 1.29 is 5.11 Å². The molecule has 0 unspecified atom stereocenters. The van der Waals surface area contributed by atoms with Crippen LogP contribution in [0, 0.1) is 5.92 Å². The van der Waals surface area contributed by atoms with Gasteiger partial charge in [0, 0.05) is 13.0 Å². The monoisotopic (exact) mass is 280 g/mol. The van der Waals surface area contributed by atoms with Crippen LogP contribution in [-0.4, -0.2) is 30.8 Å². The largest absolute Gasteiger partial charge is 0.395 e. The van der Waals surface area contributed by atoms with Crippen LogP contribution >= 0.6 is 0 Å². The standard InChI is InChI=1S/C13H20N4O3/c1-4-9-14-10-11(15-9)17(7-8(2)3)13(20)16(5-6-18)12(10)19/h8,18H,4-7H2,1-3H3,(H,14,15). The Kier molecular flexibility index (Phi) is 4.08. The van der Waals surface area contributed by atoms with Gasteiger partial charge in [0.25, 0.3) is 5.56 Å². The van der Waals surface area contributed by atoms with Crippen LogP contribution in [0.4, 0.5) is 0 Å². The lowest BCUT2D eigenvalue weighted by Crippen LogP contribution is -2.41. The number of aliphatic hydroxyl groups excluding tert-OH is 1. The van der Waals surface area contributed by atoms with E-state index in [9.17, 15) is 9.59 Å². The predicted molar refractivity (Wildman–Crippen MR) is 75.9 cm³/mol. The summed E-state index contributed by atoms with van der Waals surface area (Å²) in [6, 6.07) is 0. The van der Waals surface area contributed by atoms with Crippen LogP contribution in [0.1, 0.15) is 26.6 Å². The fourth-order valence-electron chi connectivity index (χ4n) is 2.21. The second-order valence-corrected chi connectivity index (χ2v) is 5.20. The highest BCUT2D eigenvalue weighted by Crippen LogP contribution is 2.08. The van der Waals surface area contributed by atoms with Crippen LogP contribution < -0.4 is 11.2 Å². The van der Waals surface area contributed by atoms with Gasteiger partial charge >= 0.3 is 5.69 Å². The van der Waals surface area contributed by atoms with Crippen molar-refractivity contribution in [1.29, 1.82) is 0 Å². The molecule has 0 radical (unpaired) electrons. The molecule has 2 N–H and O–H groups in total. The molecular formula is C13H20N4O3. The maximum atomic E-state index is 12.4. The highest BCUT2D eigenvalue weighted by Gasteiger charge is 2.17. The Morgan fingerprint density at radius 1 is 1.30 bits per heavy atom. The second kappa shape index (κ2) is 5.62. The first kappa shape index (κ1) is 14.5. The quantitative estimate of drug-likeness (QED) is 0.812. The summed E-state index contributed by atoms with van der Waals surface area (Å²) in [5.41, 5.74) is -0.110. The zero-order chi connectivity index (χ0) is 14.9. The zero-order valence-electron chi connectivity index (χ0n) is 12.0. The molecule has 0 saturated heterocycles. The third-order valence-corrected chi connectivity index (χ3v) is 3.12. The van der Waals surface area contributed by atoms with Gasteiger partial charge in [-0.2, -0.15) is 0 Å². The Labute approximate surface area is 115 Å². The lowest BCUT2D eigenvalue weighted by molar-refractivity contribution is 0.270. The molecule has 2 heterocycles. The summed E-state index contributed by atoms with van der Waals surface area (Å²) in [5, 5.41) is 9.03. The molecule has 0 aliphatic carbocycles. The molecule has 0 aromatic carbocycles. The number of hydrogen-bond acceptors (Lipinski definition) is 4. The molecule has 0 spiro atoms. The van der Waals surface area contributed by atoms with Gasteiger partial charge in [-0.05, 0) is 5.92 Å². The minimum Gasteiger partial charge on any atom is -0.395 e. The predicted octanol–water partition coefficient (Wildman–Crippen LogP) is 0.0970. The van der Waals surface area contributed by atoms with Gasteiger partial charge in [0.1, 0.15) is 11.3 Å². The van der Waals surface area contributed by atoms with Crippen molar-refractivity contribution in [3.05, 3.63) is 26.7 Å². The van der Waals surface area contributed by atoms with E-state index in [0.717, 1.165) is 4.57 Å². The second-order valence-electron chi connectivity index (χ2n) is 5.20. The van der Waals surface area contributed by atoms with E-state index < -0.39 is 11.2 Å². The third-order valence-electron chi connectivity index (χ3n) is 3.12. The fraction of sp³-hybridized carbons (Fsp3) is 0.615. The number of nitrogens with zero attached hydrogens (tertiary/aromatic N) is 3. The number of nitrogens with one attached hydrogen (secondary N) is 1. The zero-order valence-corrected chi connectivity index (χ0v) is 12.0. The molecule has 0 fully saturated rings. The summed E-state index contributed by atoms with van der Waals surface area (Å²) in [6.07, 6.45) is 0.657. The Morgan fingerprint density at radius 2 is 2.00 bits per heavy atom. The van der Waals surface area contributed by atoms with E-state index in [1.807, 2.05) is 20.8 Å². The van der Waals surface area contributed by atoms with Crippen molar-refractivity contribution in [2.45, 2.75) is 40.3 Å². The molecule has 2 rings (SSSR count). The number of rotatable bonds is 5. The summed E-state index contributed by atoms with van der Waals surface area (Å²) in [4.78, 5) is 32.0. The van der Waals surface area contributed by atoms with E-state index in [2.05, 4.69) is 9.97 Å².